The molecule has 0 spiro atoms. The normalized spacial score (nSPS) is 18.1. The fourth-order valence-electron chi connectivity index (χ4n) is 3.06. The highest BCUT2D eigenvalue weighted by molar-refractivity contribution is 8.19. The lowest BCUT2D eigenvalue weighted by atomic mass is 10.2. The lowest BCUT2D eigenvalue weighted by Gasteiger charge is -2.21. The standard InChI is InChI=1S/C21H23NO2S4/c23-19(22-17-4-1-3-16(13-17)21-27-11-12-28-21)14-24-18-7-5-15(6-8-18)20-25-9-2-10-26-20/h1,3-8,13,20-21H,2,9-12,14H2,(H,22,23). The van der Waals surface area contributed by atoms with Gasteiger partial charge in [-0.05, 0) is 53.3 Å². The van der Waals surface area contributed by atoms with Crippen LogP contribution in [0.2, 0.25) is 0 Å². The van der Waals surface area contributed by atoms with Gasteiger partial charge in [-0.15, -0.1) is 47.0 Å². The maximum absolute atomic E-state index is 12.3. The maximum Gasteiger partial charge on any atom is 0.262 e. The number of hydrogen-bond donors (Lipinski definition) is 1. The van der Waals surface area contributed by atoms with Gasteiger partial charge in [-0.3, -0.25) is 4.79 Å². The van der Waals surface area contributed by atoms with Crippen LogP contribution in [0.4, 0.5) is 5.69 Å². The molecule has 2 aliphatic rings. The Morgan fingerprint density at radius 1 is 0.893 bits per heavy atom. The van der Waals surface area contributed by atoms with Crippen molar-refractivity contribution in [1.29, 1.82) is 0 Å². The monoisotopic (exact) mass is 449 g/mol. The Balaban J connectivity index is 1.28. The summed E-state index contributed by atoms with van der Waals surface area (Å²) in [5, 5.41) is 2.95. The fraction of sp³-hybridized carbons (Fsp3) is 0.381. The Kier molecular flexibility index (Phi) is 7.45. The number of rotatable bonds is 6. The molecule has 2 aromatic rings. The van der Waals surface area contributed by atoms with Crippen LogP contribution in [0.25, 0.3) is 0 Å². The third kappa shape index (κ3) is 5.59. The molecule has 1 N–H and O–H groups in total. The number of nitrogens with one attached hydrogen (secondary N) is 1. The first-order valence-corrected chi connectivity index (χ1v) is 13.6. The highest BCUT2D eigenvalue weighted by Gasteiger charge is 2.19. The van der Waals surface area contributed by atoms with Crippen molar-refractivity contribution in [3.05, 3.63) is 59.7 Å². The Morgan fingerprint density at radius 2 is 1.57 bits per heavy atom. The highest BCUT2D eigenvalue weighted by atomic mass is 32.2. The molecule has 0 radical (unpaired) electrons. The summed E-state index contributed by atoms with van der Waals surface area (Å²) in [5.41, 5.74) is 3.42. The van der Waals surface area contributed by atoms with E-state index < -0.39 is 0 Å². The molecule has 0 atom stereocenters. The summed E-state index contributed by atoms with van der Waals surface area (Å²) in [6.45, 7) is 0.0173. The van der Waals surface area contributed by atoms with Crippen LogP contribution in [-0.4, -0.2) is 35.5 Å². The Morgan fingerprint density at radius 3 is 2.32 bits per heavy atom. The molecule has 2 fully saturated rings. The van der Waals surface area contributed by atoms with E-state index in [0.29, 0.717) is 9.16 Å². The van der Waals surface area contributed by atoms with Crippen molar-refractivity contribution in [1.82, 2.24) is 0 Å². The second-order valence-corrected chi connectivity index (χ2v) is 12.0. The molecule has 3 nitrogen and oxygen atoms in total. The van der Waals surface area contributed by atoms with E-state index in [0.717, 1.165) is 11.4 Å². The van der Waals surface area contributed by atoms with Crippen LogP contribution in [0.3, 0.4) is 0 Å². The molecule has 1 amide bonds. The van der Waals surface area contributed by atoms with Gasteiger partial charge in [-0.2, -0.15) is 0 Å². The van der Waals surface area contributed by atoms with Crippen LogP contribution in [0.15, 0.2) is 48.5 Å². The molecule has 4 rings (SSSR count). The molecular formula is C21H23NO2S4. The molecule has 2 saturated heterocycles. The maximum atomic E-state index is 12.3. The summed E-state index contributed by atoms with van der Waals surface area (Å²) in [4.78, 5) is 12.3. The molecule has 2 heterocycles. The van der Waals surface area contributed by atoms with E-state index >= 15 is 0 Å². The summed E-state index contributed by atoms with van der Waals surface area (Å²) < 4.78 is 6.68. The zero-order valence-electron chi connectivity index (χ0n) is 15.5. The summed E-state index contributed by atoms with van der Waals surface area (Å²) in [7, 11) is 0. The Bertz CT molecular complexity index is 787. The van der Waals surface area contributed by atoms with Gasteiger partial charge in [0.15, 0.2) is 6.61 Å². The van der Waals surface area contributed by atoms with Crippen molar-refractivity contribution < 1.29 is 9.53 Å². The minimum Gasteiger partial charge on any atom is -0.484 e. The second kappa shape index (κ2) is 10.2. The Labute approximate surface area is 183 Å². The van der Waals surface area contributed by atoms with E-state index in [9.17, 15) is 4.79 Å². The third-order valence-corrected chi connectivity index (χ3v) is 10.5. The van der Waals surface area contributed by atoms with Gasteiger partial charge in [0.05, 0.1) is 9.16 Å². The van der Waals surface area contributed by atoms with Crippen LogP contribution in [-0.2, 0) is 4.79 Å². The quantitative estimate of drug-likeness (QED) is 0.579. The first-order valence-electron chi connectivity index (χ1n) is 9.37. The number of ether oxygens (including phenoxy) is 1. The lowest BCUT2D eigenvalue weighted by Crippen LogP contribution is -2.20. The van der Waals surface area contributed by atoms with Gasteiger partial charge in [0.2, 0.25) is 0 Å². The molecule has 0 aliphatic carbocycles. The summed E-state index contributed by atoms with van der Waals surface area (Å²) in [6, 6.07) is 16.3. The zero-order chi connectivity index (χ0) is 19.2. The van der Waals surface area contributed by atoms with E-state index in [1.54, 1.807) is 0 Å². The molecule has 0 bridgehead atoms. The van der Waals surface area contributed by atoms with Gasteiger partial charge < -0.3 is 10.1 Å². The topological polar surface area (TPSA) is 38.3 Å². The molecule has 7 heteroatoms. The van der Waals surface area contributed by atoms with Crippen LogP contribution in [0.5, 0.6) is 5.75 Å². The molecule has 0 unspecified atom stereocenters. The van der Waals surface area contributed by atoms with Crippen LogP contribution in [0.1, 0.15) is 26.7 Å². The molecular weight excluding hydrogens is 427 g/mol. The minimum absolute atomic E-state index is 0.0173. The summed E-state index contributed by atoms with van der Waals surface area (Å²) >= 11 is 7.94. The fourth-order valence-corrected chi connectivity index (χ4v) is 8.79. The number of carbonyl (C=O) groups excluding carboxylic acids is 1. The van der Waals surface area contributed by atoms with Crippen molar-refractivity contribution in [3.63, 3.8) is 0 Å². The number of thioether (sulfide) groups is 4. The van der Waals surface area contributed by atoms with Crippen molar-refractivity contribution in [3.8, 4) is 5.75 Å². The van der Waals surface area contributed by atoms with Gasteiger partial charge >= 0.3 is 0 Å². The second-order valence-electron chi connectivity index (χ2n) is 6.53. The third-order valence-electron chi connectivity index (χ3n) is 4.41. The molecule has 28 heavy (non-hydrogen) atoms. The lowest BCUT2D eigenvalue weighted by molar-refractivity contribution is -0.118. The average Bonchev–Trinajstić information content (AvgIpc) is 3.29. The van der Waals surface area contributed by atoms with Crippen molar-refractivity contribution in [2.24, 2.45) is 0 Å². The molecule has 148 valence electrons. The largest absolute Gasteiger partial charge is 0.484 e. The number of anilines is 1. The van der Waals surface area contributed by atoms with Gasteiger partial charge in [0, 0.05) is 17.2 Å². The SMILES string of the molecule is O=C(COc1ccc(C2SCCCS2)cc1)Nc1cccc(C2SCCS2)c1. The predicted molar refractivity (Wildman–Crippen MR) is 127 cm³/mol. The van der Waals surface area contributed by atoms with Gasteiger partial charge in [0.25, 0.3) is 5.91 Å². The van der Waals surface area contributed by atoms with Crippen LogP contribution in [0, 0.1) is 0 Å². The molecule has 0 saturated carbocycles. The van der Waals surface area contributed by atoms with Crippen LogP contribution < -0.4 is 10.1 Å². The first kappa shape index (κ1) is 20.4. The predicted octanol–water partition coefficient (Wildman–Crippen LogP) is 6.05. The van der Waals surface area contributed by atoms with Gasteiger partial charge in [0.1, 0.15) is 5.75 Å². The van der Waals surface area contributed by atoms with E-state index in [2.05, 4.69) is 29.6 Å². The van der Waals surface area contributed by atoms with E-state index in [-0.39, 0.29) is 12.5 Å². The highest BCUT2D eigenvalue weighted by Crippen LogP contribution is 2.45. The number of hydrogen-bond acceptors (Lipinski definition) is 6. The minimum atomic E-state index is -0.133. The number of carbonyl (C=O) groups is 1. The van der Waals surface area contributed by atoms with Crippen molar-refractivity contribution >= 4 is 58.6 Å². The van der Waals surface area contributed by atoms with Crippen LogP contribution >= 0.6 is 47.0 Å². The summed E-state index contributed by atoms with van der Waals surface area (Å²) in [6.07, 6.45) is 1.30. The number of benzene rings is 2. The average molecular weight is 450 g/mol. The molecule has 2 aliphatic heterocycles. The van der Waals surface area contributed by atoms with E-state index in [1.807, 2.05) is 71.3 Å². The van der Waals surface area contributed by atoms with E-state index in [4.69, 9.17) is 4.74 Å². The smallest absolute Gasteiger partial charge is 0.262 e. The van der Waals surface area contributed by atoms with Crippen molar-refractivity contribution in [2.45, 2.75) is 15.6 Å². The van der Waals surface area contributed by atoms with Crippen molar-refractivity contribution in [2.75, 3.05) is 34.9 Å². The van der Waals surface area contributed by atoms with Gasteiger partial charge in [-0.1, -0.05) is 24.3 Å². The molecule has 2 aromatic carbocycles. The van der Waals surface area contributed by atoms with E-state index in [1.165, 1.54) is 40.6 Å². The molecule has 0 aromatic heterocycles. The Hall–Kier alpha value is -0.890. The zero-order valence-corrected chi connectivity index (χ0v) is 18.7. The summed E-state index contributed by atoms with van der Waals surface area (Å²) in [5.74, 6) is 5.45. The number of amides is 1. The first-order chi connectivity index (χ1) is 13.8. The van der Waals surface area contributed by atoms with Gasteiger partial charge in [-0.25, -0.2) is 0 Å².